The summed E-state index contributed by atoms with van der Waals surface area (Å²) < 4.78 is 0. The number of amides is 1. The third-order valence-corrected chi connectivity index (χ3v) is 1.69. The van der Waals surface area contributed by atoms with Crippen molar-refractivity contribution in [3.05, 3.63) is 30.2 Å². The van der Waals surface area contributed by atoms with Crippen LogP contribution in [0.4, 0.5) is 0 Å². The van der Waals surface area contributed by atoms with E-state index in [1.807, 2.05) is 0 Å². The summed E-state index contributed by atoms with van der Waals surface area (Å²) in [6.07, 6.45) is 5.01. The van der Waals surface area contributed by atoms with E-state index in [4.69, 9.17) is 5.73 Å². The minimum atomic E-state index is -0.453. The van der Waals surface area contributed by atoms with Crippen molar-refractivity contribution in [1.82, 2.24) is 9.97 Å². The number of pyridine rings is 1. The maximum Gasteiger partial charge on any atom is 1.00 e. The molecule has 0 saturated heterocycles. The predicted molar refractivity (Wildman–Crippen MR) is 45.7 cm³/mol. The molecule has 0 saturated carbocycles. The molecule has 0 spiro atoms. The Morgan fingerprint density at radius 3 is 3.17 bits per heavy atom. The number of nitrogens with zero attached hydrogens (tertiary/aromatic N) is 1. The van der Waals surface area contributed by atoms with Gasteiger partial charge in [-0.15, -0.1) is 0 Å². The molecule has 0 radical (unpaired) electrons. The van der Waals surface area contributed by atoms with Crippen LogP contribution in [0.3, 0.4) is 0 Å². The summed E-state index contributed by atoms with van der Waals surface area (Å²) in [5, 5.41) is 0.895. The van der Waals surface area contributed by atoms with Gasteiger partial charge in [-0.2, -0.15) is 0 Å². The van der Waals surface area contributed by atoms with Crippen LogP contribution in [0, 0.1) is 0 Å². The van der Waals surface area contributed by atoms with Gasteiger partial charge in [-0.25, -0.2) is 0 Å². The van der Waals surface area contributed by atoms with Crippen molar-refractivity contribution in [2.24, 2.45) is 5.73 Å². The van der Waals surface area contributed by atoms with Gasteiger partial charge in [-0.1, -0.05) is 0 Å². The SMILES string of the molecule is NC(=O)c1cnc2c[nH]cc2c1.[H+]. The van der Waals surface area contributed by atoms with Gasteiger partial charge in [0.25, 0.3) is 0 Å². The number of aromatic amines is 1. The Hall–Kier alpha value is -1.84. The molecule has 0 aliphatic rings. The lowest BCUT2D eigenvalue weighted by atomic mass is 10.2. The molecular weight excluding hydrogens is 154 g/mol. The number of H-pyrrole nitrogens is 1. The van der Waals surface area contributed by atoms with Gasteiger partial charge in [0.1, 0.15) is 0 Å². The molecule has 2 aromatic heterocycles. The van der Waals surface area contributed by atoms with Crippen LogP contribution in [0.5, 0.6) is 0 Å². The zero-order valence-electron chi connectivity index (χ0n) is 7.24. The van der Waals surface area contributed by atoms with Gasteiger partial charge in [0.05, 0.1) is 11.1 Å². The van der Waals surface area contributed by atoms with Gasteiger partial charge in [-0.05, 0) is 6.07 Å². The molecular formula is C8H8N3O+. The highest BCUT2D eigenvalue weighted by Gasteiger charge is 2.02. The lowest BCUT2D eigenvalue weighted by molar-refractivity contribution is 0.1000. The van der Waals surface area contributed by atoms with Gasteiger partial charge in [-0.3, -0.25) is 9.78 Å². The quantitative estimate of drug-likeness (QED) is 0.650. The number of primary amides is 1. The van der Waals surface area contributed by atoms with Crippen LogP contribution in [0.15, 0.2) is 24.7 Å². The highest BCUT2D eigenvalue weighted by Crippen LogP contribution is 2.11. The molecule has 1 amide bonds. The molecule has 0 bridgehead atoms. The smallest absolute Gasteiger partial charge is 0.366 e. The average Bonchev–Trinajstić information content (AvgIpc) is 2.49. The minimum Gasteiger partial charge on any atom is -0.366 e. The van der Waals surface area contributed by atoms with Gasteiger partial charge in [0, 0.05) is 24.0 Å². The summed E-state index contributed by atoms with van der Waals surface area (Å²) in [4.78, 5) is 17.7. The number of fused-ring (bicyclic) bond motifs is 1. The topological polar surface area (TPSA) is 71.8 Å². The number of rotatable bonds is 1. The summed E-state index contributed by atoms with van der Waals surface area (Å²) >= 11 is 0. The zero-order chi connectivity index (χ0) is 8.55. The first-order valence-electron chi connectivity index (χ1n) is 3.50. The molecule has 0 aromatic carbocycles. The molecule has 2 aromatic rings. The lowest BCUT2D eigenvalue weighted by Crippen LogP contribution is -2.10. The number of nitrogens with two attached hydrogens (primary N) is 1. The van der Waals surface area contributed by atoms with E-state index in [0.717, 1.165) is 10.9 Å². The minimum absolute atomic E-state index is 0. The fraction of sp³-hybridized carbons (Fsp3) is 0. The fourth-order valence-corrected chi connectivity index (χ4v) is 1.07. The van der Waals surface area contributed by atoms with Crippen LogP contribution in [0.25, 0.3) is 10.9 Å². The Labute approximate surface area is 69.9 Å². The molecule has 2 heterocycles. The summed E-state index contributed by atoms with van der Waals surface area (Å²) in [5.41, 5.74) is 6.35. The van der Waals surface area contributed by atoms with E-state index < -0.39 is 5.91 Å². The second-order valence-electron chi connectivity index (χ2n) is 2.52. The lowest BCUT2D eigenvalue weighted by Gasteiger charge is -1.93. The summed E-state index contributed by atoms with van der Waals surface area (Å²) in [7, 11) is 0. The summed E-state index contributed by atoms with van der Waals surface area (Å²) in [6.45, 7) is 0. The molecule has 0 unspecified atom stereocenters. The van der Waals surface area contributed by atoms with Crippen LogP contribution in [-0.2, 0) is 0 Å². The Kier molecular flexibility index (Phi) is 1.33. The molecule has 0 atom stereocenters. The van der Waals surface area contributed by atoms with E-state index >= 15 is 0 Å². The number of hydrogen-bond acceptors (Lipinski definition) is 2. The molecule has 4 heteroatoms. The van der Waals surface area contributed by atoms with Crippen LogP contribution in [0.1, 0.15) is 11.8 Å². The Bertz CT molecular complexity index is 438. The van der Waals surface area contributed by atoms with E-state index in [-0.39, 0.29) is 1.43 Å². The molecule has 12 heavy (non-hydrogen) atoms. The molecule has 60 valence electrons. The third-order valence-electron chi connectivity index (χ3n) is 1.69. The van der Waals surface area contributed by atoms with Crippen molar-refractivity contribution < 1.29 is 6.22 Å². The number of aromatic nitrogens is 2. The standard InChI is InChI=1S/C8H7N3O/c9-8(12)6-1-5-2-10-4-7(5)11-3-6/h1-4,10H,(H2,9,12)/p+1. The Balaban J connectivity index is 0.000000845. The van der Waals surface area contributed by atoms with Crippen LogP contribution < -0.4 is 5.73 Å². The van der Waals surface area contributed by atoms with Crippen molar-refractivity contribution in [3.63, 3.8) is 0 Å². The molecule has 2 rings (SSSR count). The van der Waals surface area contributed by atoms with Crippen LogP contribution in [0.2, 0.25) is 0 Å². The van der Waals surface area contributed by atoms with E-state index in [1.165, 1.54) is 6.20 Å². The van der Waals surface area contributed by atoms with Crippen molar-refractivity contribution in [1.29, 1.82) is 0 Å². The van der Waals surface area contributed by atoms with Crippen molar-refractivity contribution in [3.8, 4) is 0 Å². The molecule has 0 aliphatic heterocycles. The van der Waals surface area contributed by atoms with Crippen molar-refractivity contribution in [2.75, 3.05) is 0 Å². The summed E-state index contributed by atoms with van der Waals surface area (Å²) in [6, 6.07) is 1.71. The van der Waals surface area contributed by atoms with E-state index in [1.54, 1.807) is 18.5 Å². The molecule has 0 aliphatic carbocycles. The largest absolute Gasteiger partial charge is 1.00 e. The van der Waals surface area contributed by atoms with Gasteiger partial charge < -0.3 is 10.7 Å². The van der Waals surface area contributed by atoms with Gasteiger partial charge in [0.2, 0.25) is 5.91 Å². The van der Waals surface area contributed by atoms with Gasteiger partial charge in [0.15, 0.2) is 0 Å². The second-order valence-corrected chi connectivity index (χ2v) is 2.52. The highest BCUT2D eigenvalue weighted by molar-refractivity contribution is 5.95. The number of nitrogens with one attached hydrogen (secondary N) is 1. The van der Waals surface area contributed by atoms with Crippen LogP contribution >= 0.6 is 0 Å². The van der Waals surface area contributed by atoms with E-state index in [0.29, 0.717) is 5.56 Å². The van der Waals surface area contributed by atoms with Gasteiger partial charge >= 0.3 is 1.43 Å². The number of carbonyl (C=O) groups is 1. The van der Waals surface area contributed by atoms with Crippen molar-refractivity contribution in [2.45, 2.75) is 0 Å². The predicted octanol–water partition coefficient (Wildman–Crippen LogP) is 0.774. The van der Waals surface area contributed by atoms with E-state index in [2.05, 4.69) is 9.97 Å². The maximum absolute atomic E-state index is 10.7. The normalized spacial score (nSPS) is 10.3. The molecule has 4 nitrogen and oxygen atoms in total. The average molecular weight is 162 g/mol. The van der Waals surface area contributed by atoms with Crippen LogP contribution in [-0.4, -0.2) is 15.9 Å². The second kappa shape index (κ2) is 2.34. The van der Waals surface area contributed by atoms with Crippen molar-refractivity contribution >= 4 is 16.8 Å². The number of carbonyl (C=O) groups excluding carboxylic acids is 1. The first-order valence-corrected chi connectivity index (χ1v) is 3.50. The third kappa shape index (κ3) is 0.934. The number of hydrogen-bond donors (Lipinski definition) is 2. The molecule has 3 N–H and O–H groups in total. The highest BCUT2D eigenvalue weighted by atomic mass is 16.1. The maximum atomic E-state index is 10.7. The summed E-state index contributed by atoms with van der Waals surface area (Å²) in [5.74, 6) is -0.453. The first kappa shape index (κ1) is 6.84. The Morgan fingerprint density at radius 2 is 2.42 bits per heavy atom. The van der Waals surface area contributed by atoms with E-state index in [9.17, 15) is 4.79 Å². The molecule has 0 fully saturated rings. The first-order chi connectivity index (χ1) is 5.77. The zero-order valence-corrected chi connectivity index (χ0v) is 6.24. The monoisotopic (exact) mass is 162 g/mol. The Morgan fingerprint density at radius 1 is 1.58 bits per heavy atom. The fourth-order valence-electron chi connectivity index (χ4n) is 1.07.